The molecule has 2 fully saturated rings. The second-order valence-corrected chi connectivity index (χ2v) is 4.74. The highest BCUT2D eigenvalue weighted by Crippen LogP contribution is 2.51. The van der Waals surface area contributed by atoms with Crippen molar-refractivity contribution < 1.29 is 4.74 Å². The van der Waals surface area contributed by atoms with Gasteiger partial charge in [0.05, 0.1) is 13.2 Å². The first-order valence-corrected chi connectivity index (χ1v) is 5.85. The summed E-state index contributed by atoms with van der Waals surface area (Å²) >= 11 is 0. The van der Waals surface area contributed by atoms with Crippen molar-refractivity contribution in [1.29, 1.82) is 0 Å². The molecule has 1 aliphatic heterocycles. The Kier molecular flexibility index (Phi) is 3.42. The minimum Gasteiger partial charge on any atom is -0.379 e. The summed E-state index contributed by atoms with van der Waals surface area (Å²) in [5, 5.41) is 0. The van der Waals surface area contributed by atoms with Gasteiger partial charge in [0.1, 0.15) is 0 Å². The summed E-state index contributed by atoms with van der Waals surface area (Å²) in [5.74, 6) is 0. The minimum atomic E-state index is 0.646. The zero-order chi connectivity index (χ0) is 9.86. The Balaban J connectivity index is 1.65. The van der Waals surface area contributed by atoms with E-state index < -0.39 is 0 Å². The van der Waals surface area contributed by atoms with Gasteiger partial charge in [-0.3, -0.25) is 4.90 Å². The summed E-state index contributed by atoms with van der Waals surface area (Å²) in [5.41, 5.74) is 6.28. The molecule has 1 saturated carbocycles. The first-order chi connectivity index (χ1) is 6.85. The van der Waals surface area contributed by atoms with Crippen LogP contribution in [0.4, 0.5) is 0 Å². The zero-order valence-corrected chi connectivity index (χ0v) is 9.00. The lowest BCUT2D eigenvalue weighted by molar-refractivity contribution is 0.0346. The topological polar surface area (TPSA) is 38.5 Å². The molecule has 2 N–H and O–H groups in total. The molecule has 0 amide bonds. The van der Waals surface area contributed by atoms with Crippen LogP contribution in [0.2, 0.25) is 0 Å². The Labute approximate surface area is 86.6 Å². The number of morpholine rings is 1. The summed E-state index contributed by atoms with van der Waals surface area (Å²) in [7, 11) is 0. The molecule has 0 aromatic heterocycles. The van der Waals surface area contributed by atoms with Gasteiger partial charge in [0.2, 0.25) is 0 Å². The van der Waals surface area contributed by atoms with Crippen molar-refractivity contribution >= 4 is 0 Å². The normalized spacial score (nSPS) is 26.4. The molecule has 0 aromatic rings. The fourth-order valence-corrected chi connectivity index (χ4v) is 2.33. The van der Waals surface area contributed by atoms with Gasteiger partial charge in [-0.15, -0.1) is 0 Å². The van der Waals surface area contributed by atoms with E-state index in [-0.39, 0.29) is 0 Å². The molecule has 2 aliphatic rings. The minimum absolute atomic E-state index is 0.646. The van der Waals surface area contributed by atoms with Crippen LogP contribution in [0.5, 0.6) is 0 Å². The van der Waals surface area contributed by atoms with Crippen LogP contribution in [0.15, 0.2) is 0 Å². The maximum Gasteiger partial charge on any atom is 0.0594 e. The molecule has 1 heterocycles. The molecule has 2 rings (SSSR count). The van der Waals surface area contributed by atoms with Gasteiger partial charge in [0.25, 0.3) is 0 Å². The number of nitrogens with two attached hydrogens (primary N) is 1. The fourth-order valence-electron chi connectivity index (χ4n) is 2.33. The third kappa shape index (κ3) is 2.69. The van der Waals surface area contributed by atoms with E-state index in [0.29, 0.717) is 5.41 Å². The first-order valence-electron chi connectivity index (χ1n) is 5.85. The quantitative estimate of drug-likeness (QED) is 0.711. The van der Waals surface area contributed by atoms with Crippen molar-refractivity contribution in [2.45, 2.75) is 25.7 Å². The molecule has 3 heteroatoms. The molecule has 82 valence electrons. The SMILES string of the molecule is NCCC1(CCN2CCOCC2)CC1. The van der Waals surface area contributed by atoms with E-state index in [2.05, 4.69) is 4.90 Å². The molecule has 0 atom stereocenters. The van der Waals surface area contributed by atoms with Crippen molar-refractivity contribution in [3.63, 3.8) is 0 Å². The maximum absolute atomic E-state index is 5.63. The molecule has 3 nitrogen and oxygen atoms in total. The van der Waals surface area contributed by atoms with E-state index in [1.807, 2.05) is 0 Å². The molecular formula is C11H22N2O. The molecular weight excluding hydrogens is 176 g/mol. The molecule has 0 aromatic carbocycles. The summed E-state index contributed by atoms with van der Waals surface area (Å²) in [6.45, 7) is 6.21. The summed E-state index contributed by atoms with van der Waals surface area (Å²) in [6, 6.07) is 0. The van der Waals surface area contributed by atoms with Crippen molar-refractivity contribution in [2.75, 3.05) is 39.4 Å². The van der Waals surface area contributed by atoms with Crippen molar-refractivity contribution in [1.82, 2.24) is 4.90 Å². The highest BCUT2D eigenvalue weighted by atomic mass is 16.5. The summed E-state index contributed by atoms with van der Waals surface area (Å²) in [6.07, 6.45) is 5.41. The highest BCUT2D eigenvalue weighted by Gasteiger charge is 2.41. The molecule has 0 unspecified atom stereocenters. The van der Waals surface area contributed by atoms with E-state index in [9.17, 15) is 0 Å². The number of hydrogen-bond acceptors (Lipinski definition) is 3. The summed E-state index contributed by atoms with van der Waals surface area (Å²) in [4.78, 5) is 2.53. The zero-order valence-electron chi connectivity index (χ0n) is 9.00. The molecule has 1 aliphatic carbocycles. The Bertz CT molecular complexity index is 174. The Morgan fingerprint density at radius 2 is 1.86 bits per heavy atom. The van der Waals surface area contributed by atoms with Crippen molar-refractivity contribution in [3.05, 3.63) is 0 Å². The predicted molar refractivity (Wildman–Crippen MR) is 57.2 cm³/mol. The Hall–Kier alpha value is -0.120. The second-order valence-electron chi connectivity index (χ2n) is 4.74. The standard InChI is InChI=1S/C11H22N2O/c12-5-3-11(1-2-11)4-6-13-7-9-14-10-8-13/h1-10,12H2. The van der Waals surface area contributed by atoms with Crippen LogP contribution in [0.3, 0.4) is 0 Å². The van der Waals surface area contributed by atoms with Gasteiger partial charge in [-0.25, -0.2) is 0 Å². The first kappa shape index (κ1) is 10.4. The van der Waals surface area contributed by atoms with Crippen LogP contribution in [0.25, 0.3) is 0 Å². The van der Waals surface area contributed by atoms with Crippen LogP contribution < -0.4 is 5.73 Å². The predicted octanol–water partition coefficient (Wildman–Crippen LogP) is 0.838. The fraction of sp³-hybridized carbons (Fsp3) is 1.00. The summed E-state index contributed by atoms with van der Waals surface area (Å²) < 4.78 is 5.33. The van der Waals surface area contributed by atoms with Gasteiger partial charge in [-0.05, 0) is 44.2 Å². The molecule has 0 spiro atoms. The third-order valence-corrected chi connectivity index (χ3v) is 3.69. The molecule has 0 radical (unpaired) electrons. The largest absolute Gasteiger partial charge is 0.379 e. The van der Waals surface area contributed by atoms with E-state index in [0.717, 1.165) is 32.8 Å². The number of ether oxygens (including phenoxy) is 1. The van der Waals surface area contributed by atoms with Crippen LogP contribution >= 0.6 is 0 Å². The smallest absolute Gasteiger partial charge is 0.0594 e. The average Bonchev–Trinajstić information content (AvgIpc) is 2.98. The maximum atomic E-state index is 5.63. The van der Waals surface area contributed by atoms with Gasteiger partial charge in [0, 0.05) is 13.1 Å². The van der Waals surface area contributed by atoms with Crippen LogP contribution in [-0.4, -0.2) is 44.3 Å². The number of hydrogen-bond donors (Lipinski definition) is 1. The van der Waals surface area contributed by atoms with Gasteiger partial charge < -0.3 is 10.5 Å². The van der Waals surface area contributed by atoms with Crippen LogP contribution in [-0.2, 0) is 4.74 Å². The van der Waals surface area contributed by atoms with Gasteiger partial charge in [-0.1, -0.05) is 0 Å². The van der Waals surface area contributed by atoms with E-state index >= 15 is 0 Å². The van der Waals surface area contributed by atoms with Gasteiger partial charge in [0.15, 0.2) is 0 Å². The van der Waals surface area contributed by atoms with Crippen molar-refractivity contribution in [2.24, 2.45) is 11.1 Å². The number of rotatable bonds is 5. The Morgan fingerprint density at radius 1 is 1.14 bits per heavy atom. The van der Waals surface area contributed by atoms with E-state index in [4.69, 9.17) is 10.5 Å². The molecule has 14 heavy (non-hydrogen) atoms. The lowest BCUT2D eigenvalue weighted by atomic mass is 9.98. The average molecular weight is 198 g/mol. The van der Waals surface area contributed by atoms with Gasteiger partial charge >= 0.3 is 0 Å². The van der Waals surface area contributed by atoms with Crippen molar-refractivity contribution in [3.8, 4) is 0 Å². The van der Waals surface area contributed by atoms with Crippen LogP contribution in [0, 0.1) is 5.41 Å². The van der Waals surface area contributed by atoms with E-state index in [1.165, 1.54) is 32.2 Å². The molecule has 1 saturated heterocycles. The molecule has 0 bridgehead atoms. The lowest BCUT2D eigenvalue weighted by Crippen LogP contribution is -2.37. The van der Waals surface area contributed by atoms with Crippen LogP contribution in [0.1, 0.15) is 25.7 Å². The monoisotopic (exact) mass is 198 g/mol. The van der Waals surface area contributed by atoms with E-state index in [1.54, 1.807) is 0 Å². The lowest BCUT2D eigenvalue weighted by Gasteiger charge is -2.28. The second kappa shape index (κ2) is 4.60. The van der Waals surface area contributed by atoms with Gasteiger partial charge in [-0.2, -0.15) is 0 Å². The Morgan fingerprint density at radius 3 is 2.43 bits per heavy atom. The number of nitrogens with zero attached hydrogens (tertiary/aromatic N) is 1. The highest BCUT2D eigenvalue weighted by molar-refractivity contribution is 4.93. The third-order valence-electron chi connectivity index (χ3n) is 3.69.